The maximum Gasteiger partial charge on any atom is 0.270 e. The van der Waals surface area contributed by atoms with Crippen molar-refractivity contribution in [2.24, 2.45) is 7.05 Å². The summed E-state index contributed by atoms with van der Waals surface area (Å²) in [6.45, 7) is -0.154. The van der Waals surface area contributed by atoms with Crippen molar-refractivity contribution in [3.8, 4) is 5.75 Å². The Balaban J connectivity index is 1.92. The first-order chi connectivity index (χ1) is 12.1. The second kappa shape index (κ2) is 6.99. The predicted octanol–water partition coefficient (Wildman–Crippen LogP) is 2.99. The number of carbonyl (C=O) groups is 1. The number of benzene rings is 2. The molecule has 1 heterocycles. The number of aliphatic hydroxyl groups excluding tert-OH is 1. The number of carbonyl (C=O) groups excluding carboxylic acids is 1. The number of hydrogen-bond donors (Lipinski definition) is 1. The van der Waals surface area contributed by atoms with Gasteiger partial charge in [0.05, 0.1) is 19.8 Å². The van der Waals surface area contributed by atoms with E-state index in [-0.39, 0.29) is 12.5 Å². The third kappa shape index (κ3) is 3.10. The largest absolute Gasteiger partial charge is 0.497 e. The molecule has 1 unspecified atom stereocenters. The molecule has 1 aromatic heterocycles. The first-order valence-electron chi connectivity index (χ1n) is 8.13. The third-order valence-corrected chi connectivity index (χ3v) is 4.63. The fourth-order valence-corrected chi connectivity index (χ4v) is 3.09. The average Bonchev–Trinajstić information content (AvgIpc) is 2.99. The van der Waals surface area contributed by atoms with E-state index in [9.17, 15) is 9.90 Å². The van der Waals surface area contributed by atoms with Crippen molar-refractivity contribution < 1.29 is 14.6 Å². The summed E-state index contributed by atoms with van der Waals surface area (Å²) >= 11 is 0. The number of ether oxygens (including phenoxy) is 1. The molecule has 130 valence electrons. The summed E-state index contributed by atoms with van der Waals surface area (Å²) in [5, 5.41) is 10.9. The summed E-state index contributed by atoms with van der Waals surface area (Å²) < 4.78 is 7.05. The highest BCUT2D eigenvalue weighted by molar-refractivity contribution is 5.98. The SMILES string of the molecule is COc1ccc(C(CO)N(C)C(=O)c2cc3ccccc3n2C)cc1. The number of aromatic nitrogens is 1. The van der Waals surface area contributed by atoms with Gasteiger partial charge in [-0.2, -0.15) is 0 Å². The van der Waals surface area contributed by atoms with E-state index in [1.54, 1.807) is 19.1 Å². The zero-order chi connectivity index (χ0) is 18.0. The van der Waals surface area contributed by atoms with Crippen molar-refractivity contribution in [1.82, 2.24) is 9.47 Å². The van der Waals surface area contributed by atoms with Gasteiger partial charge in [0.15, 0.2) is 0 Å². The van der Waals surface area contributed by atoms with Crippen LogP contribution in [0.1, 0.15) is 22.1 Å². The van der Waals surface area contributed by atoms with Gasteiger partial charge in [-0.15, -0.1) is 0 Å². The maximum atomic E-state index is 13.0. The van der Waals surface area contributed by atoms with Gasteiger partial charge in [0.1, 0.15) is 11.4 Å². The third-order valence-electron chi connectivity index (χ3n) is 4.63. The van der Waals surface area contributed by atoms with Crippen molar-refractivity contribution in [2.75, 3.05) is 20.8 Å². The van der Waals surface area contributed by atoms with Gasteiger partial charge in [0.2, 0.25) is 0 Å². The Kier molecular flexibility index (Phi) is 4.76. The molecule has 0 fully saturated rings. The Labute approximate surface area is 147 Å². The Bertz CT molecular complexity index is 884. The summed E-state index contributed by atoms with van der Waals surface area (Å²) in [6, 6.07) is 16.7. The van der Waals surface area contributed by atoms with Crippen LogP contribution < -0.4 is 4.74 Å². The number of fused-ring (bicyclic) bond motifs is 1. The maximum absolute atomic E-state index is 13.0. The quantitative estimate of drug-likeness (QED) is 0.778. The van der Waals surface area contributed by atoms with E-state index < -0.39 is 6.04 Å². The lowest BCUT2D eigenvalue weighted by Crippen LogP contribution is -2.34. The zero-order valence-corrected chi connectivity index (χ0v) is 14.6. The van der Waals surface area contributed by atoms with E-state index in [4.69, 9.17) is 4.74 Å². The molecule has 0 aliphatic carbocycles. The van der Waals surface area contributed by atoms with E-state index in [2.05, 4.69) is 0 Å². The second-order valence-corrected chi connectivity index (χ2v) is 6.04. The number of rotatable bonds is 5. The van der Waals surface area contributed by atoms with Crippen LogP contribution in [0.3, 0.4) is 0 Å². The van der Waals surface area contributed by atoms with Crippen molar-refractivity contribution >= 4 is 16.8 Å². The van der Waals surface area contributed by atoms with Gasteiger partial charge in [-0.1, -0.05) is 30.3 Å². The normalized spacial score (nSPS) is 12.2. The van der Waals surface area contributed by atoms with Gasteiger partial charge in [0.25, 0.3) is 5.91 Å². The van der Waals surface area contributed by atoms with Gasteiger partial charge in [-0.25, -0.2) is 0 Å². The van der Waals surface area contributed by atoms with Crippen LogP contribution in [-0.2, 0) is 7.05 Å². The molecule has 0 spiro atoms. The summed E-state index contributed by atoms with van der Waals surface area (Å²) in [5.74, 6) is 0.608. The van der Waals surface area contributed by atoms with Crippen LogP contribution in [0.2, 0.25) is 0 Å². The van der Waals surface area contributed by atoms with Gasteiger partial charge in [-0.05, 0) is 29.8 Å². The number of aryl methyl sites for hydroxylation is 1. The molecule has 1 N–H and O–H groups in total. The fraction of sp³-hybridized carbons (Fsp3) is 0.250. The average molecular weight is 338 g/mol. The first kappa shape index (κ1) is 17.0. The number of likely N-dealkylation sites (N-methyl/N-ethyl adjacent to an activating group) is 1. The van der Waals surface area contributed by atoms with Gasteiger partial charge in [-0.3, -0.25) is 4.79 Å². The first-order valence-corrected chi connectivity index (χ1v) is 8.13. The summed E-state index contributed by atoms with van der Waals surface area (Å²) in [5.41, 5.74) is 2.46. The Morgan fingerprint density at radius 3 is 2.48 bits per heavy atom. The van der Waals surface area contributed by atoms with Crippen LogP contribution in [-0.4, -0.2) is 41.2 Å². The van der Waals surface area contributed by atoms with Crippen molar-refractivity contribution in [3.05, 3.63) is 65.9 Å². The van der Waals surface area contributed by atoms with Crippen molar-refractivity contribution in [2.45, 2.75) is 6.04 Å². The molecule has 5 nitrogen and oxygen atoms in total. The highest BCUT2D eigenvalue weighted by Gasteiger charge is 2.24. The summed E-state index contributed by atoms with van der Waals surface area (Å²) in [7, 11) is 5.20. The minimum atomic E-state index is -0.420. The highest BCUT2D eigenvalue weighted by Crippen LogP contribution is 2.25. The number of amides is 1. The molecule has 0 radical (unpaired) electrons. The molecule has 5 heteroatoms. The number of aliphatic hydroxyl groups is 1. The fourth-order valence-electron chi connectivity index (χ4n) is 3.09. The Morgan fingerprint density at radius 1 is 1.20 bits per heavy atom. The molecule has 1 amide bonds. The molecule has 1 atom stereocenters. The molecule has 25 heavy (non-hydrogen) atoms. The topological polar surface area (TPSA) is 54.7 Å². The molecular weight excluding hydrogens is 316 g/mol. The van der Waals surface area contributed by atoms with E-state index in [0.29, 0.717) is 5.69 Å². The molecule has 0 bridgehead atoms. The predicted molar refractivity (Wildman–Crippen MR) is 97.8 cm³/mol. The van der Waals surface area contributed by atoms with Crippen LogP contribution in [0.25, 0.3) is 10.9 Å². The van der Waals surface area contributed by atoms with Crippen LogP contribution in [0.15, 0.2) is 54.6 Å². The van der Waals surface area contributed by atoms with Crippen molar-refractivity contribution in [1.29, 1.82) is 0 Å². The molecule has 3 rings (SSSR count). The van der Waals surface area contributed by atoms with Crippen LogP contribution in [0.4, 0.5) is 0 Å². The minimum Gasteiger partial charge on any atom is -0.497 e. The van der Waals surface area contributed by atoms with Crippen molar-refractivity contribution in [3.63, 3.8) is 0 Å². The standard InChI is InChI=1S/C20H22N2O3/c1-21-17-7-5-4-6-15(17)12-18(21)20(24)22(2)19(13-23)14-8-10-16(25-3)11-9-14/h4-12,19,23H,13H2,1-3H3. The summed E-state index contributed by atoms with van der Waals surface area (Å²) in [4.78, 5) is 14.6. The lowest BCUT2D eigenvalue weighted by molar-refractivity contribution is 0.0649. The minimum absolute atomic E-state index is 0.131. The monoisotopic (exact) mass is 338 g/mol. The summed E-state index contributed by atoms with van der Waals surface area (Å²) in [6.07, 6.45) is 0. The van der Waals surface area contributed by atoms with Crippen LogP contribution in [0.5, 0.6) is 5.75 Å². The smallest absolute Gasteiger partial charge is 0.270 e. The van der Waals surface area contributed by atoms with Crippen LogP contribution >= 0.6 is 0 Å². The molecule has 3 aromatic rings. The molecular formula is C20H22N2O3. The lowest BCUT2D eigenvalue weighted by atomic mass is 10.1. The molecule has 2 aromatic carbocycles. The Morgan fingerprint density at radius 2 is 1.88 bits per heavy atom. The molecule has 0 saturated heterocycles. The molecule has 0 saturated carbocycles. The lowest BCUT2D eigenvalue weighted by Gasteiger charge is -2.27. The van der Waals surface area contributed by atoms with E-state index in [1.807, 2.05) is 66.2 Å². The number of hydrogen-bond acceptors (Lipinski definition) is 3. The number of para-hydroxylation sites is 1. The Hall–Kier alpha value is -2.79. The van der Waals surface area contributed by atoms with Gasteiger partial charge < -0.3 is 19.3 Å². The van der Waals surface area contributed by atoms with Gasteiger partial charge >= 0.3 is 0 Å². The van der Waals surface area contributed by atoms with E-state index >= 15 is 0 Å². The molecule has 0 aliphatic heterocycles. The number of methoxy groups -OCH3 is 1. The van der Waals surface area contributed by atoms with E-state index in [1.165, 1.54) is 0 Å². The van der Waals surface area contributed by atoms with E-state index in [0.717, 1.165) is 22.2 Å². The second-order valence-electron chi connectivity index (χ2n) is 6.04. The molecule has 0 aliphatic rings. The zero-order valence-electron chi connectivity index (χ0n) is 14.6. The van der Waals surface area contributed by atoms with Crippen LogP contribution in [0, 0.1) is 0 Å². The highest BCUT2D eigenvalue weighted by atomic mass is 16.5. The number of nitrogens with zero attached hydrogens (tertiary/aromatic N) is 2. The van der Waals surface area contributed by atoms with Gasteiger partial charge in [0, 0.05) is 25.0 Å².